The maximum absolute atomic E-state index is 12.3. The van der Waals surface area contributed by atoms with Crippen LogP contribution in [0.1, 0.15) is 15.4 Å². The van der Waals surface area contributed by atoms with Gasteiger partial charge in [-0.1, -0.05) is 29.3 Å². The Labute approximate surface area is 183 Å². The molecule has 30 heavy (non-hydrogen) atoms. The first-order chi connectivity index (χ1) is 14.4. The second-order valence-corrected chi connectivity index (χ2v) is 7.96. The van der Waals surface area contributed by atoms with E-state index >= 15 is 0 Å². The summed E-state index contributed by atoms with van der Waals surface area (Å²) in [6.07, 6.45) is 1.36. The molecule has 0 saturated heterocycles. The first-order valence-electron chi connectivity index (χ1n) is 8.48. The lowest BCUT2D eigenvalue weighted by atomic mass is 10.2. The molecule has 0 aliphatic heterocycles. The zero-order valence-electron chi connectivity index (χ0n) is 15.0. The van der Waals surface area contributed by atoms with Crippen LogP contribution in [0, 0.1) is 10.1 Å². The zero-order chi connectivity index (χ0) is 21.3. The Morgan fingerprint density at radius 2 is 2.00 bits per heavy atom. The number of benzene rings is 2. The number of thiophene rings is 1. The number of hydrogen-bond donors (Lipinski definition) is 1. The van der Waals surface area contributed by atoms with Crippen molar-refractivity contribution in [2.75, 3.05) is 0 Å². The number of nitro groups is 1. The number of non-ortho nitro benzene ring substituents is 1. The number of rotatable bonds is 5. The van der Waals surface area contributed by atoms with Crippen LogP contribution in [0.4, 0.5) is 5.69 Å². The number of nitrogens with one attached hydrogen (secondary N) is 1. The predicted molar refractivity (Wildman–Crippen MR) is 118 cm³/mol. The van der Waals surface area contributed by atoms with Crippen molar-refractivity contribution in [2.45, 2.75) is 0 Å². The topological polar surface area (TPSA) is 97.7 Å². The Morgan fingerprint density at radius 3 is 2.80 bits per heavy atom. The molecule has 4 aromatic rings. The first kappa shape index (κ1) is 20.1. The Hall–Kier alpha value is -3.20. The van der Waals surface area contributed by atoms with Crippen molar-refractivity contribution in [3.05, 3.63) is 85.4 Å². The Kier molecular flexibility index (Phi) is 5.54. The number of nitrogens with zero attached hydrogens (tertiary/aromatic N) is 2. The molecule has 0 saturated carbocycles. The zero-order valence-corrected chi connectivity index (χ0v) is 17.3. The number of fused-ring (bicyclic) bond motifs is 1. The van der Waals surface area contributed by atoms with Crippen molar-refractivity contribution in [1.82, 2.24) is 5.43 Å². The van der Waals surface area contributed by atoms with Crippen molar-refractivity contribution in [3.63, 3.8) is 0 Å². The molecule has 0 aliphatic rings. The van der Waals surface area contributed by atoms with Crippen LogP contribution in [0.25, 0.3) is 21.4 Å². The molecule has 2 aromatic heterocycles. The van der Waals surface area contributed by atoms with Crippen molar-refractivity contribution >= 4 is 62.4 Å². The monoisotopic (exact) mass is 459 g/mol. The molecule has 150 valence electrons. The number of furan rings is 1. The van der Waals surface area contributed by atoms with E-state index in [1.807, 2.05) is 0 Å². The summed E-state index contributed by atoms with van der Waals surface area (Å²) >= 11 is 13.4. The molecule has 1 N–H and O–H groups in total. The normalized spacial score (nSPS) is 11.3. The molecular formula is C20H11Cl2N3O4S. The fraction of sp³-hybridized carbons (Fsp3) is 0. The Bertz CT molecular complexity index is 1310. The Morgan fingerprint density at radius 1 is 1.17 bits per heavy atom. The summed E-state index contributed by atoms with van der Waals surface area (Å²) in [4.78, 5) is 23.1. The molecule has 0 fully saturated rings. The van der Waals surface area contributed by atoms with Crippen LogP contribution in [0.3, 0.4) is 0 Å². The van der Waals surface area contributed by atoms with Crippen LogP contribution in [0.2, 0.25) is 10.0 Å². The van der Waals surface area contributed by atoms with E-state index in [1.54, 1.807) is 42.5 Å². The van der Waals surface area contributed by atoms with E-state index in [2.05, 4.69) is 10.5 Å². The quantitative estimate of drug-likeness (QED) is 0.220. The molecule has 2 heterocycles. The average Bonchev–Trinajstić information content (AvgIpc) is 3.36. The highest BCUT2D eigenvalue weighted by Crippen LogP contribution is 2.34. The van der Waals surface area contributed by atoms with Crippen LogP contribution in [-0.2, 0) is 0 Å². The van der Waals surface area contributed by atoms with Crippen LogP contribution in [0.15, 0.2) is 64.1 Å². The molecule has 0 unspecified atom stereocenters. The summed E-state index contributed by atoms with van der Waals surface area (Å²) in [5, 5.41) is 16.2. The lowest BCUT2D eigenvalue weighted by molar-refractivity contribution is -0.384. The van der Waals surface area contributed by atoms with Gasteiger partial charge in [-0.25, -0.2) is 5.43 Å². The van der Waals surface area contributed by atoms with E-state index in [0.29, 0.717) is 37.4 Å². The molecule has 7 nitrogen and oxygen atoms in total. The lowest BCUT2D eigenvalue weighted by Gasteiger charge is -2.01. The van der Waals surface area contributed by atoms with Crippen molar-refractivity contribution < 1.29 is 14.1 Å². The van der Waals surface area contributed by atoms with E-state index in [1.165, 1.54) is 29.7 Å². The van der Waals surface area contributed by atoms with Gasteiger partial charge < -0.3 is 4.42 Å². The maximum Gasteiger partial charge on any atom is 0.281 e. The number of carbonyl (C=O) groups is 1. The van der Waals surface area contributed by atoms with Gasteiger partial charge in [-0.3, -0.25) is 14.9 Å². The summed E-state index contributed by atoms with van der Waals surface area (Å²) in [6.45, 7) is 0. The largest absolute Gasteiger partial charge is 0.455 e. The molecular weight excluding hydrogens is 449 g/mol. The van der Waals surface area contributed by atoms with Gasteiger partial charge in [0.1, 0.15) is 11.5 Å². The molecule has 0 aliphatic carbocycles. The van der Waals surface area contributed by atoms with Gasteiger partial charge >= 0.3 is 0 Å². The third kappa shape index (κ3) is 4.06. The van der Waals surface area contributed by atoms with Gasteiger partial charge in [-0.15, -0.1) is 11.3 Å². The fourth-order valence-corrected chi connectivity index (χ4v) is 4.05. The Balaban J connectivity index is 1.46. The van der Waals surface area contributed by atoms with Gasteiger partial charge in [0.15, 0.2) is 0 Å². The molecule has 2 aromatic carbocycles. The summed E-state index contributed by atoms with van der Waals surface area (Å²) in [7, 11) is 0. The number of amides is 1. The summed E-state index contributed by atoms with van der Waals surface area (Å²) in [5.74, 6) is 0.495. The van der Waals surface area contributed by atoms with Crippen LogP contribution in [0.5, 0.6) is 0 Å². The van der Waals surface area contributed by atoms with E-state index < -0.39 is 10.8 Å². The number of hydrazone groups is 1. The summed E-state index contributed by atoms with van der Waals surface area (Å²) in [5.41, 5.74) is 3.03. The highest BCUT2D eigenvalue weighted by molar-refractivity contribution is 7.20. The highest BCUT2D eigenvalue weighted by Gasteiger charge is 2.13. The number of carbonyl (C=O) groups excluding carboxylic acids is 1. The average molecular weight is 460 g/mol. The number of hydrogen-bond acceptors (Lipinski definition) is 6. The summed E-state index contributed by atoms with van der Waals surface area (Å²) < 4.78 is 6.44. The third-order valence-electron chi connectivity index (χ3n) is 4.14. The van der Waals surface area contributed by atoms with Gasteiger partial charge in [0.2, 0.25) is 0 Å². The molecule has 1 amide bonds. The molecule has 4 rings (SSSR count). The van der Waals surface area contributed by atoms with Crippen LogP contribution in [-0.4, -0.2) is 17.0 Å². The standard InChI is InChI=1S/C20H11Cl2N3O4S/c21-15-3-1-2-14(19(15)22)16-6-5-13(29-16)10-23-24-20(26)18-9-11-8-12(25(27)28)4-7-17(11)30-18/h1-10H,(H,24,26)/b23-10+. The van der Waals surface area contributed by atoms with Gasteiger partial charge in [-0.2, -0.15) is 5.10 Å². The molecule has 0 atom stereocenters. The van der Waals surface area contributed by atoms with Gasteiger partial charge in [0.05, 0.1) is 26.1 Å². The van der Waals surface area contributed by atoms with Crippen molar-refractivity contribution in [3.8, 4) is 11.3 Å². The number of halogens is 2. The minimum atomic E-state index is -0.477. The van der Waals surface area contributed by atoms with Gasteiger partial charge in [-0.05, 0) is 36.4 Å². The molecule has 0 bridgehead atoms. The molecule has 10 heteroatoms. The SMILES string of the molecule is O=C(N/N=C/c1ccc(-c2cccc(Cl)c2Cl)o1)c1cc2cc([N+](=O)[O-])ccc2s1. The molecule has 0 spiro atoms. The summed E-state index contributed by atoms with van der Waals surface area (Å²) in [6, 6.07) is 14.7. The second-order valence-electron chi connectivity index (χ2n) is 6.09. The smallest absolute Gasteiger partial charge is 0.281 e. The van der Waals surface area contributed by atoms with E-state index in [0.717, 1.165) is 4.70 Å². The number of nitro benzene ring substituents is 1. The second kappa shape index (κ2) is 8.27. The lowest BCUT2D eigenvalue weighted by Crippen LogP contribution is -2.15. The van der Waals surface area contributed by atoms with Crippen molar-refractivity contribution in [2.24, 2.45) is 5.10 Å². The fourth-order valence-electron chi connectivity index (χ4n) is 2.73. The maximum atomic E-state index is 12.3. The van der Waals surface area contributed by atoms with Crippen LogP contribution >= 0.6 is 34.5 Å². The van der Waals surface area contributed by atoms with Gasteiger partial charge in [0, 0.05) is 27.8 Å². The van der Waals surface area contributed by atoms with Crippen molar-refractivity contribution in [1.29, 1.82) is 0 Å². The highest BCUT2D eigenvalue weighted by atomic mass is 35.5. The van der Waals surface area contributed by atoms with Crippen LogP contribution < -0.4 is 5.43 Å². The van der Waals surface area contributed by atoms with E-state index in [9.17, 15) is 14.9 Å². The minimum absolute atomic E-state index is 0.0290. The van der Waals surface area contributed by atoms with Gasteiger partial charge in [0.25, 0.3) is 11.6 Å². The molecule has 0 radical (unpaired) electrons. The minimum Gasteiger partial charge on any atom is -0.455 e. The first-order valence-corrected chi connectivity index (χ1v) is 10.1. The predicted octanol–water partition coefficient (Wildman–Crippen LogP) is 6.14. The van der Waals surface area contributed by atoms with E-state index in [-0.39, 0.29) is 5.69 Å². The third-order valence-corrected chi connectivity index (χ3v) is 6.07. The van der Waals surface area contributed by atoms with E-state index in [4.69, 9.17) is 27.6 Å².